The van der Waals surface area contributed by atoms with Crippen LogP contribution < -0.4 is 10.5 Å². The van der Waals surface area contributed by atoms with E-state index in [1.807, 2.05) is 12.1 Å². The molecule has 4 nitrogen and oxygen atoms in total. The highest BCUT2D eigenvalue weighted by atomic mass is 79.9. The van der Waals surface area contributed by atoms with E-state index in [2.05, 4.69) is 32.0 Å². The fourth-order valence-electron chi connectivity index (χ4n) is 2.28. The highest BCUT2D eigenvalue weighted by Gasteiger charge is 2.16. The summed E-state index contributed by atoms with van der Waals surface area (Å²) in [6.07, 6.45) is 1.77. The number of nitrogens with one attached hydrogen (secondary N) is 1. The molecule has 18 heavy (non-hydrogen) atoms. The zero-order valence-electron chi connectivity index (χ0n) is 9.87. The van der Waals surface area contributed by atoms with Gasteiger partial charge in [0.05, 0.1) is 12.3 Å². The maximum absolute atomic E-state index is 5.62. The molecule has 1 aliphatic heterocycles. The van der Waals surface area contributed by atoms with E-state index in [0.717, 1.165) is 46.9 Å². The van der Waals surface area contributed by atoms with E-state index in [1.54, 1.807) is 0 Å². The largest absolute Gasteiger partial charge is 0.493 e. The first-order valence-corrected chi connectivity index (χ1v) is 6.78. The van der Waals surface area contributed by atoms with Crippen molar-refractivity contribution in [2.24, 2.45) is 5.73 Å². The molecule has 0 radical (unpaired) electrons. The summed E-state index contributed by atoms with van der Waals surface area (Å²) in [6, 6.07) is 6.23. The number of aromatic nitrogens is 2. The van der Waals surface area contributed by atoms with Crippen molar-refractivity contribution >= 4 is 15.9 Å². The minimum atomic E-state index is 0.607. The van der Waals surface area contributed by atoms with Crippen molar-refractivity contribution in [1.29, 1.82) is 0 Å². The molecule has 1 aromatic heterocycles. The average molecular weight is 308 g/mol. The third kappa shape index (κ3) is 2.04. The number of fused-ring (bicyclic) bond motifs is 1. The van der Waals surface area contributed by atoms with Crippen LogP contribution >= 0.6 is 15.9 Å². The van der Waals surface area contributed by atoms with E-state index in [0.29, 0.717) is 6.54 Å². The van der Waals surface area contributed by atoms with E-state index in [9.17, 15) is 0 Å². The molecule has 0 amide bonds. The molecule has 0 spiro atoms. The summed E-state index contributed by atoms with van der Waals surface area (Å²) < 4.78 is 6.26. The summed E-state index contributed by atoms with van der Waals surface area (Å²) in [5, 5.41) is 0. The molecular weight excluding hydrogens is 294 g/mol. The molecule has 0 saturated heterocycles. The van der Waals surface area contributed by atoms with Gasteiger partial charge in [-0.2, -0.15) is 0 Å². The molecule has 2 heterocycles. The quantitative estimate of drug-likeness (QED) is 0.914. The van der Waals surface area contributed by atoms with Crippen molar-refractivity contribution in [3.05, 3.63) is 34.2 Å². The minimum Gasteiger partial charge on any atom is -0.493 e. The Morgan fingerprint density at radius 3 is 3.17 bits per heavy atom. The standard InChI is InChI=1S/C13H14BrN3O/c14-13-16-10(3-5-15)12(17-13)9-1-2-11-8(7-9)4-6-18-11/h1-2,7H,3-6,15H2,(H,16,17). The first-order valence-electron chi connectivity index (χ1n) is 5.98. The lowest BCUT2D eigenvalue weighted by atomic mass is 10.0. The SMILES string of the molecule is NCCc1[nH]c(Br)nc1-c1ccc2c(c1)CCO2. The van der Waals surface area contributed by atoms with Crippen LogP contribution in [0.1, 0.15) is 11.3 Å². The highest BCUT2D eigenvalue weighted by Crippen LogP contribution is 2.31. The molecule has 3 rings (SSSR count). The van der Waals surface area contributed by atoms with Crippen molar-refractivity contribution in [3.8, 4) is 17.0 Å². The van der Waals surface area contributed by atoms with Crippen molar-refractivity contribution < 1.29 is 4.74 Å². The van der Waals surface area contributed by atoms with Crippen LogP contribution in [0.15, 0.2) is 22.9 Å². The second-order valence-corrected chi connectivity index (χ2v) is 5.07. The van der Waals surface area contributed by atoms with Crippen LogP contribution in [-0.2, 0) is 12.8 Å². The van der Waals surface area contributed by atoms with Crippen LogP contribution in [0.5, 0.6) is 5.75 Å². The summed E-state index contributed by atoms with van der Waals surface area (Å²) in [4.78, 5) is 7.70. The van der Waals surface area contributed by atoms with Gasteiger partial charge in [-0.3, -0.25) is 0 Å². The minimum absolute atomic E-state index is 0.607. The molecular formula is C13H14BrN3O. The Morgan fingerprint density at radius 1 is 1.44 bits per heavy atom. The van der Waals surface area contributed by atoms with Crippen LogP contribution in [0.4, 0.5) is 0 Å². The van der Waals surface area contributed by atoms with Gasteiger partial charge in [-0.25, -0.2) is 4.98 Å². The molecule has 0 fully saturated rings. The number of hydrogen-bond donors (Lipinski definition) is 2. The predicted octanol–water partition coefficient (Wildman–Crippen LogP) is 2.28. The van der Waals surface area contributed by atoms with Gasteiger partial charge in [0, 0.05) is 24.1 Å². The van der Waals surface area contributed by atoms with Gasteiger partial charge in [0.2, 0.25) is 0 Å². The van der Waals surface area contributed by atoms with Crippen molar-refractivity contribution in [1.82, 2.24) is 9.97 Å². The average Bonchev–Trinajstić information content (AvgIpc) is 2.95. The number of H-pyrrole nitrogens is 1. The Hall–Kier alpha value is -1.33. The lowest BCUT2D eigenvalue weighted by Gasteiger charge is -2.04. The molecule has 0 unspecified atom stereocenters. The maximum atomic E-state index is 5.62. The van der Waals surface area contributed by atoms with Crippen LogP contribution in [0.2, 0.25) is 0 Å². The summed E-state index contributed by atoms with van der Waals surface area (Å²) >= 11 is 3.38. The number of imidazole rings is 1. The second-order valence-electron chi connectivity index (χ2n) is 4.31. The first kappa shape index (κ1) is 11.7. The van der Waals surface area contributed by atoms with Crippen molar-refractivity contribution in [2.45, 2.75) is 12.8 Å². The molecule has 5 heteroatoms. The summed E-state index contributed by atoms with van der Waals surface area (Å²) in [5.74, 6) is 0.994. The molecule has 94 valence electrons. The lowest BCUT2D eigenvalue weighted by Crippen LogP contribution is -2.04. The summed E-state index contributed by atoms with van der Waals surface area (Å²) in [5.41, 5.74) is 10.0. The molecule has 1 aromatic carbocycles. The first-order chi connectivity index (χ1) is 8.78. The topological polar surface area (TPSA) is 63.9 Å². The number of nitrogens with zero attached hydrogens (tertiary/aromatic N) is 1. The van der Waals surface area contributed by atoms with Crippen molar-refractivity contribution in [2.75, 3.05) is 13.2 Å². The number of rotatable bonds is 3. The Kier molecular flexibility index (Phi) is 3.09. The smallest absolute Gasteiger partial charge is 0.175 e. The van der Waals surface area contributed by atoms with Gasteiger partial charge in [0.1, 0.15) is 5.75 Å². The Balaban J connectivity index is 2.03. The summed E-state index contributed by atoms with van der Waals surface area (Å²) in [7, 11) is 0. The van der Waals surface area contributed by atoms with Gasteiger partial charge in [0.15, 0.2) is 4.73 Å². The molecule has 0 aliphatic carbocycles. The fraction of sp³-hybridized carbons (Fsp3) is 0.308. The zero-order chi connectivity index (χ0) is 12.5. The van der Waals surface area contributed by atoms with Crippen LogP contribution in [0.3, 0.4) is 0 Å². The van der Waals surface area contributed by atoms with Crippen molar-refractivity contribution in [3.63, 3.8) is 0 Å². The maximum Gasteiger partial charge on any atom is 0.175 e. The number of benzene rings is 1. The highest BCUT2D eigenvalue weighted by molar-refractivity contribution is 9.10. The van der Waals surface area contributed by atoms with Gasteiger partial charge >= 0.3 is 0 Å². The fourth-order valence-corrected chi connectivity index (χ4v) is 2.69. The normalized spacial score (nSPS) is 13.4. The number of nitrogens with two attached hydrogens (primary N) is 1. The summed E-state index contributed by atoms with van der Waals surface area (Å²) in [6.45, 7) is 1.38. The van der Waals surface area contributed by atoms with E-state index in [-0.39, 0.29) is 0 Å². The van der Waals surface area contributed by atoms with Crippen LogP contribution in [0.25, 0.3) is 11.3 Å². The van der Waals surface area contributed by atoms with Crippen LogP contribution in [-0.4, -0.2) is 23.1 Å². The monoisotopic (exact) mass is 307 g/mol. The van der Waals surface area contributed by atoms with E-state index >= 15 is 0 Å². The molecule has 0 bridgehead atoms. The Bertz CT molecular complexity index is 580. The molecule has 1 aliphatic rings. The number of halogens is 1. The Morgan fingerprint density at radius 2 is 2.33 bits per heavy atom. The van der Waals surface area contributed by atoms with Gasteiger partial charge in [-0.15, -0.1) is 0 Å². The number of ether oxygens (including phenoxy) is 1. The van der Waals surface area contributed by atoms with Crippen LogP contribution in [0, 0.1) is 0 Å². The molecule has 0 saturated carbocycles. The second kappa shape index (κ2) is 4.74. The lowest BCUT2D eigenvalue weighted by molar-refractivity contribution is 0.357. The number of aromatic amines is 1. The van der Waals surface area contributed by atoms with Gasteiger partial charge < -0.3 is 15.5 Å². The number of hydrogen-bond acceptors (Lipinski definition) is 3. The molecule has 3 N–H and O–H groups in total. The van der Waals surface area contributed by atoms with Gasteiger partial charge in [0.25, 0.3) is 0 Å². The molecule has 0 atom stereocenters. The van der Waals surface area contributed by atoms with Gasteiger partial charge in [-0.1, -0.05) is 0 Å². The third-order valence-corrected chi connectivity index (χ3v) is 3.48. The van der Waals surface area contributed by atoms with Gasteiger partial charge in [-0.05, 0) is 46.2 Å². The Labute approximate surface area is 114 Å². The predicted molar refractivity (Wildman–Crippen MR) is 73.7 cm³/mol. The van der Waals surface area contributed by atoms with E-state index in [4.69, 9.17) is 10.5 Å². The zero-order valence-corrected chi connectivity index (χ0v) is 11.5. The molecule has 2 aromatic rings. The van der Waals surface area contributed by atoms with E-state index in [1.165, 1.54) is 5.56 Å². The van der Waals surface area contributed by atoms with E-state index < -0.39 is 0 Å². The third-order valence-electron chi connectivity index (χ3n) is 3.11.